The summed E-state index contributed by atoms with van der Waals surface area (Å²) in [7, 11) is 1.76. The van der Waals surface area contributed by atoms with Crippen molar-refractivity contribution in [2.24, 2.45) is 5.73 Å². The molecule has 4 aromatic rings. The first kappa shape index (κ1) is 20.5. The van der Waals surface area contributed by atoms with E-state index in [1.807, 2.05) is 0 Å². The first-order valence-corrected chi connectivity index (χ1v) is 10.9. The number of H-pyrrole nitrogens is 1. The van der Waals surface area contributed by atoms with Gasteiger partial charge in [0.25, 0.3) is 0 Å². The zero-order valence-electron chi connectivity index (χ0n) is 18.5. The molecule has 0 spiro atoms. The van der Waals surface area contributed by atoms with Crippen molar-refractivity contribution >= 4 is 21.7 Å². The summed E-state index contributed by atoms with van der Waals surface area (Å²) in [5.41, 5.74) is 12.1. The van der Waals surface area contributed by atoms with Crippen molar-refractivity contribution in [2.45, 2.75) is 45.4 Å². The van der Waals surface area contributed by atoms with Crippen LogP contribution in [0.4, 0.5) is 0 Å². The largest absolute Gasteiger partial charge is 0.495 e. The smallest absolute Gasteiger partial charge is 0.136 e. The number of nitrogens with one attached hydrogen (secondary N) is 1. The Morgan fingerprint density at radius 3 is 2.47 bits per heavy atom. The summed E-state index contributed by atoms with van der Waals surface area (Å²) in [5, 5.41) is 3.64. The third kappa shape index (κ3) is 3.70. The van der Waals surface area contributed by atoms with Crippen LogP contribution >= 0.6 is 0 Å². The molecule has 1 aromatic heterocycles. The zero-order valence-corrected chi connectivity index (χ0v) is 18.5. The summed E-state index contributed by atoms with van der Waals surface area (Å²) >= 11 is 0. The molecule has 3 nitrogen and oxygen atoms in total. The summed E-state index contributed by atoms with van der Waals surface area (Å²) in [5.74, 6) is 0.927. The summed E-state index contributed by atoms with van der Waals surface area (Å²) < 4.78 is 5.93. The first-order valence-electron chi connectivity index (χ1n) is 10.9. The van der Waals surface area contributed by atoms with Crippen molar-refractivity contribution in [3.05, 3.63) is 65.7 Å². The molecule has 0 saturated heterocycles. The number of aryl methyl sites for hydroxylation is 1. The summed E-state index contributed by atoms with van der Waals surface area (Å²) in [4.78, 5) is 3.71. The van der Waals surface area contributed by atoms with Gasteiger partial charge in [-0.2, -0.15) is 0 Å². The maximum atomic E-state index is 5.93. The van der Waals surface area contributed by atoms with E-state index in [1.165, 1.54) is 27.4 Å². The van der Waals surface area contributed by atoms with Crippen LogP contribution in [0.25, 0.3) is 32.9 Å². The third-order valence-electron chi connectivity index (χ3n) is 6.01. The van der Waals surface area contributed by atoms with E-state index in [9.17, 15) is 0 Å². The standard InChI is InChI=1S/C27H32N2O/c1-27(2,3)19-13-15-24-23(17-19)21(11-7-8-16-28)25(29-24)22-14-12-18-9-5-6-10-20(18)26(22)30-4/h5-6,9-10,12-15,17,29H,7-8,11,16,28H2,1-4H3. The number of aromatic amines is 1. The van der Waals surface area contributed by atoms with Gasteiger partial charge in [-0.05, 0) is 65.9 Å². The van der Waals surface area contributed by atoms with Gasteiger partial charge in [-0.15, -0.1) is 0 Å². The minimum Gasteiger partial charge on any atom is -0.495 e. The molecule has 4 rings (SSSR count). The number of fused-ring (bicyclic) bond motifs is 2. The molecular weight excluding hydrogens is 368 g/mol. The number of methoxy groups -OCH3 is 1. The van der Waals surface area contributed by atoms with E-state index in [0.717, 1.165) is 48.2 Å². The predicted octanol–water partition coefficient (Wildman–Crippen LogP) is 6.58. The van der Waals surface area contributed by atoms with Gasteiger partial charge in [0.2, 0.25) is 0 Å². The molecule has 0 atom stereocenters. The second kappa shape index (κ2) is 8.16. The van der Waals surface area contributed by atoms with Crippen molar-refractivity contribution in [3.63, 3.8) is 0 Å². The maximum Gasteiger partial charge on any atom is 0.136 e. The summed E-state index contributed by atoms with van der Waals surface area (Å²) in [6.45, 7) is 7.52. The van der Waals surface area contributed by atoms with Crippen molar-refractivity contribution in [3.8, 4) is 17.0 Å². The molecular formula is C27H32N2O. The lowest BCUT2D eigenvalue weighted by Gasteiger charge is -2.19. The van der Waals surface area contributed by atoms with E-state index < -0.39 is 0 Å². The average molecular weight is 401 g/mol. The SMILES string of the molecule is COc1c(-c2[nH]c3ccc(C(C)(C)C)cc3c2CCCCN)ccc2ccccc12. The third-order valence-corrected chi connectivity index (χ3v) is 6.01. The Morgan fingerprint density at radius 1 is 0.933 bits per heavy atom. The number of benzene rings is 3. The Morgan fingerprint density at radius 2 is 1.73 bits per heavy atom. The molecule has 0 fully saturated rings. The Bertz CT molecular complexity index is 1180. The fraction of sp³-hybridized carbons (Fsp3) is 0.333. The number of hydrogen-bond donors (Lipinski definition) is 2. The molecule has 0 saturated carbocycles. The normalized spacial score (nSPS) is 12.0. The van der Waals surface area contributed by atoms with Gasteiger partial charge >= 0.3 is 0 Å². The highest BCUT2D eigenvalue weighted by molar-refractivity contribution is 5.98. The highest BCUT2D eigenvalue weighted by Crippen LogP contribution is 2.41. The second-order valence-electron chi connectivity index (χ2n) is 9.10. The molecule has 0 bridgehead atoms. The number of unbranched alkanes of at least 4 members (excludes halogenated alkanes) is 1. The highest BCUT2D eigenvalue weighted by atomic mass is 16.5. The van der Waals surface area contributed by atoms with E-state index in [-0.39, 0.29) is 5.41 Å². The van der Waals surface area contributed by atoms with Crippen molar-refractivity contribution in [1.29, 1.82) is 0 Å². The molecule has 0 amide bonds. The Balaban J connectivity index is 1.96. The molecule has 156 valence electrons. The van der Waals surface area contributed by atoms with Crippen LogP contribution in [0.2, 0.25) is 0 Å². The monoisotopic (exact) mass is 400 g/mol. The van der Waals surface area contributed by atoms with E-state index in [2.05, 4.69) is 80.4 Å². The van der Waals surface area contributed by atoms with E-state index in [0.29, 0.717) is 0 Å². The quantitative estimate of drug-likeness (QED) is 0.359. The number of aromatic nitrogens is 1. The van der Waals surface area contributed by atoms with Crippen LogP contribution in [0, 0.1) is 0 Å². The Kier molecular flexibility index (Phi) is 5.57. The second-order valence-corrected chi connectivity index (χ2v) is 9.10. The summed E-state index contributed by atoms with van der Waals surface area (Å²) in [6.07, 6.45) is 3.10. The molecule has 0 unspecified atom stereocenters. The fourth-order valence-corrected chi connectivity index (χ4v) is 4.31. The van der Waals surface area contributed by atoms with Gasteiger partial charge in [0.05, 0.1) is 12.8 Å². The van der Waals surface area contributed by atoms with Gasteiger partial charge in [0.15, 0.2) is 0 Å². The first-order chi connectivity index (χ1) is 14.4. The van der Waals surface area contributed by atoms with E-state index in [1.54, 1.807) is 7.11 Å². The number of rotatable bonds is 6. The zero-order chi connectivity index (χ0) is 21.3. The van der Waals surface area contributed by atoms with Crippen molar-refractivity contribution < 1.29 is 4.74 Å². The fourth-order valence-electron chi connectivity index (χ4n) is 4.31. The van der Waals surface area contributed by atoms with Crippen LogP contribution in [0.15, 0.2) is 54.6 Å². The number of ether oxygens (including phenoxy) is 1. The van der Waals surface area contributed by atoms with Crippen LogP contribution in [-0.2, 0) is 11.8 Å². The molecule has 0 aliphatic rings. The molecule has 0 aliphatic carbocycles. The lowest BCUT2D eigenvalue weighted by Crippen LogP contribution is -2.10. The van der Waals surface area contributed by atoms with Crippen LogP contribution in [0.5, 0.6) is 5.75 Å². The molecule has 1 heterocycles. The Labute approximate surface area is 179 Å². The molecule has 0 aliphatic heterocycles. The van der Waals surface area contributed by atoms with Gasteiger partial charge in [0.1, 0.15) is 5.75 Å². The lowest BCUT2D eigenvalue weighted by atomic mass is 9.86. The van der Waals surface area contributed by atoms with Crippen LogP contribution < -0.4 is 10.5 Å². The summed E-state index contributed by atoms with van der Waals surface area (Å²) in [6, 6.07) is 19.6. The molecule has 3 aromatic carbocycles. The van der Waals surface area contributed by atoms with E-state index >= 15 is 0 Å². The highest BCUT2D eigenvalue weighted by Gasteiger charge is 2.20. The lowest BCUT2D eigenvalue weighted by molar-refractivity contribution is 0.421. The predicted molar refractivity (Wildman–Crippen MR) is 128 cm³/mol. The minimum atomic E-state index is 0.112. The van der Waals surface area contributed by atoms with Gasteiger partial charge in [-0.3, -0.25) is 0 Å². The molecule has 3 heteroatoms. The van der Waals surface area contributed by atoms with Crippen molar-refractivity contribution in [1.82, 2.24) is 4.98 Å². The average Bonchev–Trinajstić information content (AvgIpc) is 3.10. The minimum absolute atomic E-state index is 0.112. The van der Waals surface area contributed by atoms with Gasteiger partial charge in [0, 0.05) is 21.9 Å². The van der Waals surface area contributed by atoms with Gasteiger partial charge < -0.3 is 15.5 Å². The molecule has 0 radical (unpaired) electrons. The van der Waals surface area contributed by atoms with Crippen LogP contribution in [0.1, 0.15) is 44.7 Å². The van der Waals surface area contributed by atoms with Crippen LogP contribution in [-0.4, -0.2) is 18.6 Å². The number of nitrogens with two attached hydrogens (primary N) is 1. The molecule has 3 N–H and O–H groups in total. The maximum absolute atomic E-state index is 5.93. The van der Waals surface area contributed by atoms with Gasteiger partial charge in [-0.25, -0.2) is 0 Å². The topological polar surface area (TPSA) is 51.0 Å². The Hall–Kier alpha value is -2.78. The van der Waals surface area contributed by atoms with E-state index in [4.69, 9.17) is 10.5 Å². The van der Waals surface area contributed by atoms with Crippen LogP contribution in [0.3, 0.4) is 0 Å². The molecule has 30 heavy (non-hydrogen) atoms. The van der Waals surface area contributed by atoms with Crippen molar-refractivity contribution in [2.75, 3.05) is 13.7 Å². The van der Waals surface area contributed by atoms with Gasteiger partial charge in [-0.1, -0.05) is 57.2 Å². The number of hydrogen-bond acceptors (Lipinski definition) is 2.